The summed E-state index contributed by atoms with van der Waals surface area (Å²) in [7, 11) is 0. The molecule has 0 radical (unpaired) electrons. The highest BCUT2D eigenvalue weighted by molar-refractivity contribution is 9.11. The first kappa shape index (κ1) is 32.0. The van der Waals surface area contributed by atoms with Gasteiger partial charge in [0.1, 0.15) is 12.2 Å². The fourth-order valence-corrected chi connectivity index (χ4v) is 5.64. The Morgan fingerprint density at radius 1 is 1.02 bits per heavy atom. The second-order valence-corrected chi connectivity index (χ2v) is 11.1. The fraction of sp³-hybridized carbons (Fsp3) is 0.452. The van der Waals surface area contributed by atoms with Crippen molar-refractivity contribution >= 4 is 33.7 Å². The molecule has 4 rings (SSSR count). The second kappa shape index (κ2) is 15.0. The normalized spacial score (nSPS) is 24.8. The Morgan fingerprint density at radius 2 is 1.67 bits per heavy atom. The van der Waals surface area contributed by atoms with E-state index in [1.54, 1.807) is 6.92 Å². The van der Waals surface area contributed by atoms with Crippen LogP contribution in [0.15, 0.2) is 71.2 Å². The van der Waals surface area contributed by atoms with Crippen LogP contribution in [-0.2, 0) is 35.0 Å². The average molecular weight is 647 g/mol. The van der Waals surface area contributed by atoms with E-state index in [-0.39, 0.29) is 37.1 Å². The van der Waals surface area contributed by atoms with Gasteiger partial charge in [0.15, 0.2) is 11.6 Å². The SMILES string of the molecule is C[C@@H]1[C@H](c2ccccc2)OC(=O)N1C(=O)[C@H](Cc1ccccc1)[C@H]1O[C@@](O)(CCCOCCOCCO)C(Br)=CC1=O. The lowest BCUT2D eigenvalue weighted by molar-refractivity contribution is -0.218. The molecule has 42 heavy (non-hydrogen) atoms. The minimum absolute atomic E-state index is 0.0656. The molecule has 0 aromatic heterocycles. The highest BCUT2D eigenvalue weighted by Crippen LogP contribution is 2.39. The molecule has 5 atom stereocenters. The molecule has 0 aliphatic carbocycles. The summed E-state index contributed by atoms with van der Waals surface area (Å²) in [5.74, 6) is -4.12. The van der Waals surface area contributed by atoms with Crippen molar-refractivity contribution in [2.24, 2.45) is 5.92 Å². The van der Waals surface area contributed by atoms with Gasteiger partial charge in [0.25, 0.3) is 0 Å². The number of benzene rings is 2. The number of amides is 2. The summed E-state index contributed by atoms with van der Waals surface area (Å²) < 4.78 is 22.5. The fourth-order valence-electron chi connectivity index (χ4n) is 5.12. The van der Waals surface area contributed by atoms with E-state index in [2.05, 4.69) is 15.9 Å². The van der Waals surface area contributed by atoms with E-state index in [0.29, 0.717) is 19.6 Å². The minimum Gasteiger partial charge on any atom is -0.439 e. The lowest BCUT2D eigenvalue weighted by Crippen LogP contribution is -2.53. The van der Waals surface area contributed by atoms with Gasteiger partial charge in [-0.2, -0.15) is 0 Å². The van der Waals surface area contributed by atoms with E-state index in [1.165, 1.54) is 6.08 Å². The van der Waals surface area contributed by atoms with Gasteiger partial charge in [0, 0.05) is 13.0 Å². The molecule has 0 bridgehead atoms. The molecule has 2 amide bonds. The number of halogens is 1. The van der Waals surface area contributed by atoms with Crippen LogP contribution >= 0.6 is 15.9 Å². The number of hydrogen-bond donors (Lipinski definition) is 2. The standard InChI is InChI=1S/C31H36BrNO9/c1-21-27(23-11-6-3-7-12-23)41-30(37)33(21)29(36)24(19-22-9-4-2-5-10-22)28-25(35)20-26(32)31(38,42-28)13-8-15-39-17-18-40-16-14-34/h2-7,9-12,20-21,24,27-28,34,38H,8,13-19H2,1H3/t21-,24-,27-,28-,31+/m1/s1. The van der Waals surface area contributed by atoms with E-state index >= 15 is 0 Å². The van der Waals surface area contributed by atoms with Gasteiger partial charge in [0.2, 0.25) is 5.91 Å². The summed E-state index contributed by atoms with van der Waals surface area (Å²) >= 11 is 3.27. The molecule has 226 valence electrons. The molecule has 0 unspecified atom stereocenters. The first-order chi connectivity index (χ1) is 20.2. The number of carbonyl (C=O) groups excluding carboxylic acids is 3. The summed E-state index contributed by atoms with van der Waals surface area (Å²) in [4.78, 5) is 41.5. The molecule has 0 spiro atoms. The zero-order valence-corrected chi connectivity index (χ0v) is 25.0. The van der Waals surface area contributed by atoms with Gasteiger partial charge < -0.3 is 29.2 Å². The minimum atomic E-state index is -1.88. The van der Waals surface area contributed by atoms with E-state index < -0.39 is 47.7 Å². The summed E-state index contributed by atoms with van der Waals surface area (Å²) in [5.41, 5.74) is 1.52. The third kappa shape index (κ3) is 7.71. The predicted molar refractivity (Wildman–Crippen MR) is 155 cm³/mol. The maximum absolute atomic E-state index is 14.1. The summed E-state index contributed by atoms with van der Waals surface area (Å²) in [5, 5.41) is 20.2. The molecule has 2 N–H and O–H groups in total. The number of cyclic esters (lactones) is 1. The van der Waals surface area contributed by atoms with Gasteiger partial charge in [-0.1, -0.05) is 60.7 Å². The number of aliphatic hydroxyl groups is 2. The molecule has 11 heteroatoms. The van der Waals surface area contributed by atoms with Crippen LogP contribution in [0.5, 0.6) is 0 Å². The van der Waals surface area contributed by atoms with Crippen LogP contribution in [0.4, 0.5) is 4.79 Å². The van der Waals surface area contributed by atoms with Crippen molar-refractivity contribution in [3.05, 3.63) is 82.3 Å². The molecule has 0 saturated carbocycles. The Balaban J connectivity index is 1.52. The zero-order valence-electron chi connectivity index (χ0n) is 23.4. The largest absolute Gasteiger partial charge is 0.439 e. The van der Waals surface area contributed by atoms with Gasteiger partial charge in [-0.15, -0.1) is 0 Å². The van der Waals surface area contributed by atoms with Crippen LogP contribution in [0.2, 0.25) is 0 Å². The molecule has 2 aromatic carbocycles. The molecule has 2 aromatic rings. The Bertz CT molecular complexity index is 1240. The molecule has 1 saturated heterocycles. The van der Waals surface area contributed by atoms with Gasteiger partial charge >= 0.3 is 6.09 Å². The first-order valence-corrected chi connectivity index (χ1v) is 14.7. The van der Waals surface area contributed by atoms with Crippen LogP contribution in [0.1, 0.15) is 37.0 Å². The Morgan fingerprint density at radius 3 is 2.33 bits per heavy atom. The maximum Gasteiger partial charge on any atom is 0.417 e. The van der Waals surface area contributed by atoms with E-state index in [1.807, 2.05) is 60.7 Å². The number of imide groups is 1. The van der Waals surface area contributed by atoms with E-state index in [4.69, 9.17) is 24.1 Å². The van der Waals surface area contributed by atoms with Gasteiger partial charge in [-0.05, 0) is 52.9 Å². The molecule has 2 heterocycles. The second-order valence-electron chi connectivity index (χ2n) is 10.2. The molecule has 1 fully saturated rings. The van der Waals surface area contributed by atoms with Crippen molar-refractivity contribution in [2.45, 2.75) is 50.2 Å². The van der Waals surface area contributed by atoms with Crippen molar-refractivity contribution in [1.29, 1.82) is 0 Å². The van der Waals surface area contributed by atoms with Crippen molar-refractivity contribution in [1.82, 2.24) is 4.90 Å². The van der Waals surface area contributed by atoms with Gasteiger partial charge in [-0.3, -0.25) is 9.59 Å². The summed E-state index contributed by atoms with van der Waals surface area (Å²) in [6.45, 7) is 2.83. The molecular formula is C31H36BrNO9. The lowest BCUT2D eigenvalue weighted by Gasteiger charge is -2.38. The molecular weight excluding hydrogens is 610 g/mol. The van der Waals surface area contributed by atoms with Crippen molar-refractivity contribution in [2.75, 3.05) is 33.0 Å². The smallest absolute Gasteiger partial charge is 0.417 e. The quantitative estimate of drug-likeness (QED) is 0.295. The predicted octanol–water partition coefficient (Wildman–Crippen LogP) is 3.69. The molecule has 2 aliphatic heterocycles. The molecule has 10 nitrogen and oxygen atoms in total. The van der Waals surface area contributed by atoms with Crippen molar-refractivity contribution < 1.29 is 43.5 Å². The maximum atomic E-state index is 14.1. The highest BCUT2D eigenvalue weighted by Gasteiger charge is 2.51. The average Bonchev–Trinajstić information content (AvgIpc) is 3.29. The lowest BCUT2D eigenvalue weighted by atomic mass is 9.87. The monoisotopic (exact) mass is 645 g/mol. The number of nitrogens with zero attached hydrogens (tertiary/aromatic N) is 1. The van der Waals surface area contributed by atoms with Crippen LogP contribution < -0.4 is 0 Å². The Labute approximate surface area is 253 Å². The van der Waals surface area contributed by atoms with Crippen LogP contribution in [0.3, 0.4) is 0 Å². The van der Waals surface area contributed by atoms with E-state index in [9.17, 15) is 19.5 Å². The van der Waals surface area contributed by atoms with Crippen molar-refractivity contribution in [3.8, 4) is 0 Å². The summed E-state index contributed by atoms with van der Waals surface area (Å²) in [6, 6.07) is 17.6. The van der Waals surface area contributed by atoms with Crippen LogP contribution in [0, 0.1) is 5.92 Å². The van der Waals surface area contributed by atoms with E-state index in [0.717, 1.165) is 16.0 Å². The zero-order chi connectivity index (χ0) is 30.1. The van der Waals surface area contributed by atoms with Gasteiger partial charge in [0.05, 0.1) is 42.9 Å². The number of ketones is 1. The number of carbonyl (C=O) groups is 3. The third-order valence-corrected chi connectivity index (χ3v) is 8.12. The Hall–Kier alpha value is -2.93. The van der Waals surface area contributed by atoms with Gasteiger partial charge in [-0.25, -0.2) is 9.69 Å². The topological polar surface area (TPSA) is 132 Å². The number of aliphatic hydroxyl groups excluding tert-OH is 1. The van der Waals surface area contributed by atoms with Crippen LogP contribution in [0.25, 0.3) is 0 Å². The first-order valence-electron chi connectivity index (χ1n) is 14.0. The number of hydrogen-bond acceptors (Lipinski definition) is 9. The summed E-state index contributed by atoms with van der Waals surface area (Å²) in [6.07, 6.45) is -1.02. The third-order valence-electron chi connectivity index (χ3n) is 7.27. The molecule has 2 aliphatic rings. The van der Waals surface area contributed by atoms with Crippen molar-refractivity contribution in [3.63, 3.8) is 0 Å². The Kier molecular flexibility index (Phi) is 11.4. The number of ether oxygens (including phenoxy) is 4. The highest BCUT2D eigenvalue weighted by atomic mass is 79.9. The number of rotatable bonds is 14. The van der Waals surface area contributed by atoms with Crippen LogP contribution in [-0.4, -0.2) is 83.9 Å².